The van der Waals surface area contributed by atoms with Crippen molar-refractivity contribution in [2.24, 2.45) is 5.73 Å². The van der Waals surface area contributed by atoms with Crippen molar-refractivity contribution in [3.63, 3.8) is 0 Å². The van der Waals surface area contributed by atoms with E-state index in [0.29, 0.717) is 18.5 Å². The molecule has 0 aliphatic heterocycles. The first kappa shape index (κ1) is 14.1. The molecule has 0 fully saturated rings. The molecular weight excluding hydrogens is 291 g/mol. The first-order valence-electron chi connectivity index (χ1n) is 5.13. The standard InChI is InChI=1S/C11H14BrFN2O2/c12-8-1-2-9(13)7(5-8)3-4-15-6-10(14)11(16)17/h1-2,5,10,15H,3-4,6,14H2,(H,16,17). The Bertz CT molecular complexity index is 401. The van der Waals surface area contributed by atoms with Crippen molar-refractivity contribution < 1.29 is 14.3 Å². The Hall–Kier alpha value is -0.980. The molecule has 0 amide bonds. The number of hydrogen-bond acceptors (Lipinski definition) is 3. The van der Waals surface area contributed by atoms with E-state index in [4.69, 9.17) is 10.8 Å². The summed E-state index contributed by atoms with van der Waals surface area (Å²) in [6, 6.07) is 3.80. The van der Waals surface area contributed by atoms with Gasteiger partial charge >= 0.3 is 5.97 Å². The molecule has 4 N–H and O–H groups in total. The summed E-state index contributed by atoms with van der Waals surface area (Å²) in [5.74, 6) is -1.32. The molecule has 0 saturated heterocycles. The number of nitrogens with one attached hydrogen (secondary N) is 1. The lowest BCUT2D eigenvalue weighted by molar-refractivity contribution is -0.138. The van der Waals surface area contributed by atoms with Crippen LogP contribution in [0.25, 0.3) is 0 Å². The Balaban J connectivity index is 2.36. The van der Waals surface area contributed by atoms with Crippen molar-refractivity contribution in [2.75, 3.05) is 13.1 Å². The molecule has 0 aromatic heterocycles. The highest BCUT2D eigenvalue weighted by molar-refractivity contribution is 9.10. The zero-order valence-corrected chi connectivity index (χ0v) is 10.7. The van der Waals surface area contributed by atoms with Crippen molar-refractivity contribution in [3.05, 3.63) is 34.1 Å². The molecule has 0 aliphatic carbocycles. The van der Waals surface area contributed by atoms with Crippen LogP contribution in [0.4, 0.5) is 4.39 Å². The van der Waals surface area contributed by atoms with E-state index in [0.717, 1.165) is 4.47 Å². The minimum Gasteiger partial charge on any atom is -0.480 e. The Morgan fingerprint density at radius 2 is 2.29 bits per heavy atom. The predicted molar refractivity (Wildman–Crippen MR) is 66.3 cm³/mol. The second-order valence-electron chi connectivity index (χ2n) is 3.63. The lowest BCUT2D eigenvalue weighted by Gasteiger charge is -2.08. The Labute approximate surface area is 107 Å². The summed E-state index contributed by atoms with van der Waals surface area (Å²) in [4.78, 5) is 10.4. The summed E-state index contributed by atoms with van der Waals surface area (Å²) in [5, 5.41) is 11.4. The third-order valence-electron chi connectivity index (χ3n) is 2.26. The molecule has 1 rings (SSSR count). The molecule has 1 unspecified atom stereocenters. The van der Waals surface area contributed by atoms with Crippen LogP contribution in [0.3, 0.4) is 0 Å². The molecule has 17 heavy (non-hydrogen) atoms. The van der Waals surface area contributed by atoms with E-state index >= 15 is 0 Å². The van der Waals surface area contributed by atoms with Gasteiger partial charge in [0.25, 0.3) is 0 Å². The van der Waals surface area contributed by atoms with Crippen LogP contribution in [-0.4, -0.2) is 30.2 Å². The summed E-state index contributed by atoms with van der Waals surface area (Å²) < 4.78 is 14.1. The average molecular weight is 305 g/mol. The SMILES string of the molecule is NC(CNCCc1cc(Br)ccc1F)C(=O)O. The molecule has 6 heteroatoms. The van der Waals surface area contributed by atoms with E-state index in [1.54, 1.807) is 12.1 Å². The summed E-state index contributed by atoms with van der Waals surface area (Å²) in [6.07, 6.45) is 0.484. The molecule has 1 atom stereocenters. The van der Waals surface area contributed by atoms with E-state index in [2.05, 4.69) is 21.2 Å². The van der Waals surface area contributed by atoms with Crippen molar-refractivity contribution in [1.82, 2.24) is 5.32 Å². The van der Waals surface area contributed by atoms with Gasteiger partial charge in [0.2, 0.25) is 0 Å². The minimum atomic E-state index is -1.05. The fraction of sp³-hybridized carbons (Fsp3) is 0.364. The molecule has 4 nitrogen and oxygen atoms in total. The number of nitrogens with two attached hydrogens (primary N) is 1. The van der Waals surface area contributed by atoms with Gasteiger partial charge < -0.3 is 16.2 Å². The van der Waals surface area contributed by atoms with Gasteiger partial charge in [-0.15, -0.1) is 0 Å². The molecule has 0 radical (unpaired) electrons. The zero-order chi connectivity index (χ0) is 12.8. The lowest BCUT2D eigenvalue weighted by atomic mass is 10.1. The molecule has 0 heterocycles. The Morgan fingerprint density at radius 3 is 2.94 bits per heavy atom. The fourth-order valence-electron chi connectivity index (χ4n) is 1.30. The van der Waals surface area contributed by atoms with Gasteiger partial charge in [0.05, 0.1) is 0 Å². The van der Waals surface area contributed by atoms with Gasteiger partial charge in [0, 0.05) is 11.0 Å². The largest absolute Gasteiger partial charge is 0.480 e. The van der Waals surface area contributed by atoms with Crippen molar-refractivity contribution in [2.45, 2.75) is 12.5 Å². The van der Waals surface area contributed by atoms with E-state index in [-0.39, 0.29) is 12.4 Å². The van der Waals surface area contributed by atoms with E-state index in [1.165, 1.54) is 6.07 Å². The highest BCUT2D eigenvalue weighted by atomic mass is 79.9. The normalized spacial score (nSPS) is 12.4. The first-order valence-corrected chi connectivity index (χ1v) is 5.93. The molecule has 1 aromatic rings. The molecule has 94 valence electrons. The maximum Gasteiger partial charge on any atom is 0.321 e. The van der Waals surface area contributed by atoms with E-state index < -0.39 is 12.0 Å². The van der Waals surface area contributed by atoms with Gasteiger partial charge in [-0.1, -0.05) is 15.9 Å². The molecule has 1 aromatic carbocycles. The van der Waals surface area contributed by atoms with Crippen LogP contribution in [0.5, 0.6) is 0 Å². The van der Waals surface area contributed by atoms with Crippen molar-refractivity contribution >= 4 is 21.9 Å². The van der Waals surface area contributed by atoms with Gasteiger partial charge in [-0.3, -0.25) is 4.79 Å². The number of carboxylic acid groups (broad SMARTS) is 1. The Kier molecular flexibility index (Phi) is 5.54. The van der Waals surface area contributed by atoms with Crippen LogP contribution in [0, 0.1) is 5.82 Å². The van der Waals surface area contributed by atoms with Crippen LogP contribution < -0.4 is 11.1 Å². The van der Waals surface area contributed by atoms with E-state index in [1.807, 2.05) is 0 Å². The van der Waals surface area contributed by atoms with Crippen LogP contribution in [0.15, 0.2) is 22.7 Å². The summed E-state index contributed by atoms with van der Waals surface area (Å²) in [7, 11) is 0. The number of hydrogen-bond donors (Lipinski definition) is 3. The second-order valence-corrected chi connectivity index (χ2v) is 4.55. The van der Waals surface area contributed by atoms with Crippen molar-refractivity contribution in [1.29, 1.82) is 0 Å². The van der Waals surface area contributed by atoms with Gasteiger partial charge in [-0.2, -0.15) is 0 Å². The molecule has 0 aliphatic rings. The quantitative estimate of drug-likeness (QED) is 0.689. The predicted octanol–water partition coefficient (Wildman–Crippen LogP) is 1.13. The van der Waals surface area contributed by atoms with Crippen LogP contribution in [0.2, 0.25) is 0 Å². The van der Waals surface area contributed by atoms with Crippen LogP contribution in [-0.2, 0) is 11.2 Å². The Morgan fingerprint density at radius 1 is 1.59 bits per heavy atom. The number of rotatable bonds is 6. The molecular formula is C11H14BrFN2O2. The van der Waals surface area contributed by atoms with Gasteiger partial charge in [0.15, 0.2) is 0 Å². The highest BCUT2D eigenvalue weighted by Gasteiger charge is 2.10. The minimum absolute atomic E-state index is 0.172. The van der Waals surface area contributed by atoms with Gasteiger partial charge in [0.1, 0.15) is 11.9 Å². The number of aliphatic carboxylic acids is 1. The summed E-state index contributed by atoms with van der Waals surface area (Å²) in [6.45, 7) is 0.652. The van der Waals surface area contributed by atoms with Crippen LogP contribution in [0.1, 0.15) is 5.56 Å². The fourth-order valence-corrected chi connectivity index (χ4v) is 1.71. The van der Waals surface area contributed by atoms with Gasteiger partial charge in [-0.05, 0) is 36.7 Å². The topological polar surface area (TPSA) is 75.3 Å². The number of carbonyl (C=O) groups is 1. The molecule has 0 saturated carbocycles. The number of benzene rings is 1. The summed E-state index contributed by atoms with van der Waals surface area (Å²) in [5.41, 5.74) is 5.89. The zero-order valence-electron chi connectivity index (χ0n) is 9.12. The van der Waals surface area contributed by atoms with Gasteiger partial charge in [-0.25, -0.2) is 4.39 Å². The second kappa shape index (κ2) is 6.68. The third kappa shape index (κ3) is 4.80. The lowest BCUT2D eigenvalue weighted by Crippen LogP contribution is -2.40. The molecule has 0 bridgehead atoms. The van der Waals surface area contributed by atoms with E-state index in [9.17, 15) is 9.18 Å². The van der Waals surface area contributed by atoms with Crippen molar-refractivity contribution in [3.8, 4) is 0 Å². The number of carboxylic acids is 1. The average Bonchev–Trinajstić information content (AvgIpc) is 2.28. The number of halogens is 2. The third-order valence-corrected chi connectivity index (χ3v) is 2.75. The van der Waals surface area contributed by atoms with Crippen LogP contribution >= 0.6 is 15.9 Å². The summed E-state index contributed by atoms with van der Waals surface area (Å²) >= 11 is 3.26. The maximum absolute atomic E-state index is 13.3. The maximum atomic E-state index is 13.3. The monoisotopic (exact) mass is 304 g/mol. The smallest absolute Gasteiger partial charge is 0.321 e. The first-order chi connectivity index (χ1) is 8.00. The highest BCUT2D eigenvalue weighted by Crippen LogP contribution is 2.15. The molecule has 0 spiro atoms.